The van der Waals surface area contributed by atoms with Crippen LogP contribution in [0.2, 0.25) is 0 Å². The minimum Gasteiger partial charge on any atom is -0.478 e. The number of halogens is 1. The van der Waals surface area contributed by atoms with Gasteiger partial charge in [-0.25, -0.2) is 4.79 Å². The molecule has 0 aliphatic heterocycles. The third kappa shape index (κ3) is 3.05. The van der Waals surface area contributed by atoms with Gasteiger partial charge in [0.15, 0.2) is 0 Å². The lowest BCUT2D eigenvalue weighted by Gasteiger charge is -2.07. The van der Waals surface area contributed by atoms with Crippen LogP contribution in [0.5, 0.6) is 0 Å². The maximum Gasteiger partial charge on any atom is 0.328 e. The highest BCUT2D eigenvalue weighted by Crippen LogP contribution is 2.24. The molecular formula is C14H10BrNO2. The van der Waals surface area contributed by atoms with Crippen molar-refractivity contribution in [3.8, 4) is 0 Å². The largest absolute Gasteiger partial charge is 0.478 e. The van der Waals surface area contributed by atoms with Gasteiger partial charge in [0, 0.05) is 28.5 Å². The molecule has 3 nitrogen and oxygen atoms in total. The molecule has 2 aromatic rings. The van der Waals surface area contributed by atoms with E-state index < -0.39 is 5.97 Å². The monoisotopic (exact) mass is 303 g/mol. The number of hydrogen-bond acceptors (Lipinski definition) is 2. The Bertz CT molecular complexity index is 577. The molecule has 0 aliphatic rings. The normalized spacial score (nSPS) is 11.3. The first-order chi connectivity index (χ1) is 8.66. The van der Waals surface area contributed by atoms with Gasteiger partial charge in [0.25, 0.3) is 0 Å². The van der Waals surface area contributed by atoms with Crippen molar-refractivity contribution < 1.29 is 9.90 Å². The van der Waals surface area contributed by atoms with Crippen molar-refractivity contribution in [1.82, 2.24) is 4.98 Å². The Kier molecular flexibility index (Phi) is 3.89. The van der Waals surface area contributed by atoms with Crippen LogP contribution in [0.25, 0.3) is 5.57 Å². The van der Waals surface area contributed by atoms with E-state index in [0.717, 1.165) is 15.6 Å². The Labute approximate surface area is 113 Å². The summed E-state index contributed by atoms with van der Waals surface area (Å²) in [5.41, 5.74) is 2.26. The summed E-state index contributed by atoms with van der Waals surface area (Å²) in [4.78, 5) is 14.9. The average Bonchev–Trinajstić information content (AvgIpc) is 2.38. The number of carboxylic acid groups (broad SMARTS) is 1. The van der Waals surface area contributed by atoms with Crippen molar-refractivity contribution in [1.29, 1.82) is 0 Å². The minimum absolute atomic E-state index is 0.642. The molecule has 90 valence electrons. The van der Waals surface area contributed by atoms with Gasteiger partial charge in [-0.15, -0.1) is 0 Å². The van der Waals surface area contributed by atoms with Crippen molar-refractivity contribution in [3.05, 3.63) is 70.5 Å². The second kappa shape index (κ2) is 5.60. The Morgan fingerprint density at radius 1 is 1.17 bits per heavy atom. The summed E-state index contributed by atoms with van der Waals surface area (Å²) in [6, 6.07) is 11.1. The van der Waals surface area contributed by atoms with E-state index in [1.807, 2.05) is 30.3 Å². The number of rotatable bonds is 3. The lowest BCUT2D eigenvalue weighted by atomic mass is 9.99. The van der Waals surface area contributed by atoms with Crippen molar-refractivity contribution in [3.63, 3.8) is 0 Å². The Balaban J connectivity index is 2.51. The zero-order valence-electron chi connectivity index (χ0n) is 9.38. The van der Waals surface area contributed by atoms with Gasteiger partial charge in [-0.2, -0.15) is 0 Å². The number of carboxylic acids is 1. The quantitative estimate of drug-likeness (QED) is 0.885. The second-order valence-corrected chi connectivity index (χ2v) is 4.56. The topological polar surface area (TPSA) is 50.2 Å². The van der Waals surface area contributed by atoms with Crippen LogP contribution in [0.15, 0.2) is 59.3 Å². The molecule has 0 bridgehead atoms. The number of aliphatic carboxylic acids is 1. The summed E-state index contributed by atoms with van der Waals surface area (Å²) >= 11 is 3.35. The number of hydrogen-bond donors (Lipinski definition) is 1. The number of carbonyl (C=O) groups is 1. The lowest BCUT2D eigenvalue weighted by Crippen LogP contribution is -1.95. The molecule has 18 heavy (non-hydrogen) atoms. The van der Waals surface area contributed by atoms with Crippen molar-refractivity contribution in [2.75, 3.05) is 0 Å². The molecule has 0 spiro atoms. The van der Waals surface area contributed by atoms with Crippen LogP contribution in [0.3, 0.4) is 0 Å². The highest BCUT2D eigenvalue weighted by atomic mass is 79.9. The highest BCUT2D eigenvalue weighted by Gasteiger charge is 2.07. The summed E-state index contributed by atoms with van der Waals surface area (Å²) in [5.74, 6) is -0.975. The van der Waals surface area contributed by atoms with Crippen LogP contribution in [0, 0.1) is 0 Å². The van der Waals surface area contributed by atoms with Gasteiger partial charge in [-0.1, -0.05) is 34.1 Å². The average molecular weight is 304 g/mol. The highest BCUT2D eigenvalue weighted by molar-refractivity contribution is 9.10. The van der Waals surface area contributed by atoms with E-state index in [2.05, 4.69) is 20.9 Å². The van der Waals surface area contributed by atoms with Crippen LogP contribution in [-0.2, 0) is 4.79 Å². The van der Waals surface area contributed by atoms with Crippen LogP contribution >= 0.6 is 15.9 Å². The molecule has 0 fully saturated rings. The van der Waals surface area contributed by atoms with Crippen LogP contribution in [-0.4, -0.2) is 16.1 Å². The molecule has 0 saturated carbocycles. The zero-order chi connectivity index (χ0) is 13.0. The van der Waals surface area contributed by atoms with Gasteiger partial charge in [-0.3, -0.25) is 4.98 Å². The maximum absolute atomic E-state index is 10.9. The van der Waals surface area contributed by atoms with E-state index in [9.17, 15) is 4.79 Å². The van der Waals surface area contributed by atoms with Gasteiger partial charge >= 0.3 is 5.97 Å². The summed E-state index contributed by atoms with van der Waals surface area (Å²) in [5, 5.41) is 8.96. The molecule has 1 aromatic carbocycles. The number of benzene rings is 1. The molecule has 0 saturated heterocycles. The molecule has 0 aliphatic carbocycles. The van der Waals surface area contributed by atoms with Gasteiger partial charge in [0.2, 0.25) is 0 Å². The first-order valence-corrected chi connectivity index (χ1v) is 6.07. The van der Waals surface area contributed by atoms with Gasteiger partial charge in [0.1, 0.15) is 0 Å². The van der Waals surface area contributed by atoms with E-state index in [1.165, 1.54) is 6.08 Å². The molecule has 0 unspecified atom stereocenters. The zero-order valence-corrected chi connectivity index (χ0v) is 11.0. The molecule has 2 rings (SSSR count). The molecule has 0 atom stereocenters. The van der Waals surface area contributed by atoms with Crippen LogP contribution in [0.4, 0.5) is 0 Å². The molecule has 1 aromatic heterocycles. The number of nitrogens with zero attached hydrogens (tertiary/aromatic N) is 1. The fraction of sp³-hybridized carbons (Fsp3) is 0. The maximum atomic E-state index is 10.9. The molecular weight excluding hydrogens is 294 g/mol. The summed E-state index contributed by atoms with van der Waals surface area (Å²) in [7, 11) is 0. The van der Waals surface area contributed by atoms with Crippen molar-refractivity contribution >= 4 is 27.5 Å². The predicted molar refractivity (Wildman–Crippen MR) is 73.1 cm³/mol. The molecule has 0 amide bonds. The van der Waals surface area contributed by atoms with Gasteiger partial charge in [0.05, 0.1) is 0 Å². The summed E-state index contributed by atoms with van der Waals surface area (Å²) in [6.07, 6.45) is 4.50. The first-order valence-electron chi connectivity index (χ1n) is 5.28. The van der Waals surface area contributed by atoms with Crippen LogP contribution in [0.1, 0.15) is 11.1 Å². The minimum atomic E-state index is -0.975. The van der Waals surface area contributed by atoms with Crippen LogP contribution < -0.4 is 0 Å². The number of aromatic nitrogens is 1. The molecule has 4 heteroatoms. The third-order valence-electron chi connectivity index (χ3n) is 2.40. The third-order valence-corrected chi connectivity index (χ3v) is 2.92. The molecule has 1 N–H and O–H groups in total. The molecule has 1 heterocycles. The number of pyridine rings is 1. The van der Waals surface area contributed by atoms with E-state index in [1.54, 1.807) is 18.5 Å². The Morgan fingerprint density at radius 3 is 2.44 bits per heavy atom. The molecule has 0 radical (unpaired) electrons. The fourth-order valence-electron chi connectivity index (χ4n) is 1.61. The summed E-state index contributed by atoms with van der Waals surface area (Å²) in [6.45, 7) is 0. The predicted octanol–water partition coefficient (Wildman–Crippen LogP) is 3.36. The summed E-state index contributed by atoms with van der Waals surface area (Å²) < 4.78 is 0.951. The Hall–Kier alpha value is -1.94. The van der Waals surface area contributed by atoms with Crippen molar-refractivity contribution in [2.24, 2.45) is 0 Å². The standard InChI is InChI=1S/C14H10BrNO2/c15-12-5-3-10(4-6-12)13(8-14(17)18)11-2-1-7-16-9-11/h1-9H,(H,17,18)/b13-8+. The van der Waals surface area contributed by atoms with Crippen molar-refractivity contribution in [2.45, 2.75) is 0 Å². The van der Waals surface area contributed by atoms with E-state index in [0.29, 0.717) is 5.57 Å². The van der Waals surface area contributed by atoms with E-state index >= 15 is 0 Å². The SMILES string of the molecule is O=C(O)/C=C(\c1ccc(Br)cc1)c1cccnc1. The first kappa shape index (κ1) is 12.5. The lowest BCUT2D eigenvalue weighted by molar-refractivity contribution is -0.131. The second-order valence-electron chi connectivity index (χ2n) is 3.64. The van der Waals surface area contributed by atoms with Gasteiger partial charge in [-0.05, 0) is 29.3 Å². The van der Waals surface area contributed by atoms with E-state index in [-0.39, 0.29) is 0 Å². The van der Waals surface area contributed by atoms with Gasteiger partial charge < -0.3 is 5.11 Å². The fourth-order valence-corrected chi connectivity index (χ4v) is 1.87. The Morgan fingerprint density at radius 2 is 1.89 bits per heavy atom. The van der Waals surface area contributed by atoms with E-state index in [4.69, 9.17) is 5.11 Å². The smallest absolute Gasteiger partial charge is 0.328 e.